The standard InChI is InChI=1S/C12H22N4O/c1-3-4-11(13)7-12(17)14-6-5-10-8-15-16(2)9-10/h8-9,11H,3-7,13H2,1-2H3,(H,14,17). The molecule has 0 fully saturated rings. The van der Waals surface area contributed by atoms with E-state index in [4.69, 9.17) is 5.73 Å². The fourth-order valence-corrected chi connectivity index (χ4v) is 1.73. The monoisotopic (exact) mass is 238 g/mol. The van der Waals surface area contributed by atoms with E-state index in [2.05, 4.69) is 17.3 Å². The normalized spacial score (nSPS) is 12.4. The Morgan fingerprint density at radius 1 is 1.65 bits per heavy atom. The lowest BCUT2D eigenvalue weighted by Gasteiger charge is -2.10. The Morgan fingerprint density at radius 3 is 3.00 bits per heavy atom. The number of hydrogen-bond donors (Lipinski definition) is 2. The van der Waals surface area contributed by atoms with Crippen LogP contribution in [0.4, 0.5) is 0 Å². The van der Waals surface area contributed by atoms with Crippen molar-refractivity contribution in [1.82, 2.24) is 15.1 Å². The van der Waals surface area contributed by atoms with Gasteiger partial charge >= 0.3 is 0 Å². The van der Waals surface area contributed by atoms with E-state index >= 15 is 0 Å². The zero-order valence-electron chi connectivity index (χ0n) is 10.6. The van der Waals surface area contributed by atoms with Crippen LogP contribution in [0.15, 0.2) is 12.4 Å². The van der Waals surface area contributed by atoms with Gasteiger partial charge in [-0.3, -0.25) is 9.48 Å². The van der Waals surface area contributed by atoms with Gasteiger partial charge in [0.1, 0.15) is 0 Å². The largest absolute Gasteiger partial charge is 0.356 e. The molecule has 1 atom stereocenters. The third-order valence-corrected chi connectivity index (χ3v) is 2.60. The third kappa shape index (κ3) is 5.49. The van der Waals surface area contributed by atoms with Crippen molar-refractivity contribution in [3.8, 4) is 0 Å². The molecule has 0 saturated heterocycles. The minimum Gasteiger partial charge on any atom is -0.356 e. The van der Waals surface area contributed by atoms with Gasteiger partial charge in [0.15, 0.2) is 0 Å². The first-order valence-electron chi connectivity index (χ1n) is 6.11. The number of carbonyl (C=O) groups is 1. The van der Waals surface area contributed by atoms with E-state index in [1.54, 1.807) is 4.68 Å². The van der Waals surface area contributed by atoms with Crippen molar-refractivity contribution in [3.05, 3.63) is 18.0 Å². The molecular formula is C12H22N4O. The second-order valence-corrected chi connectivity index (χ2v) is 4.38. The van der Waals surface area contributed by atoms with E-state index in [0.717, 1.165) is 24.8 Å². The Balaban J connectivity index is 2.16. The van der Waals surface area contributed by atoms with Crippen LogP contribution < -0.4 is 11.1 Å². The molecular weight excluding hydrogens is 216 g/mol. The molecule has 5 nitrogen and oxygen atoms in total. The summed E-state index contributed by atoms with van der Waals surface area (Å²) in [4.78, 5) is 11.5. The van der Waals surface area contributed by atoms with Crippen LogP contribution in [0.1, 0.15) is 31.7 Å². The van der Waals surface area contributed by atoms with Crippen molar-refractivity contribution >= 4 is 5.91 Å². The van der Waals surface area contributed by atoms with Crippen LogP contribution in [0.25, 0.3) is 0 Å². The maximum Gasteiger partial charge on any atom is 0.221 e. The minimum absolute atomic E-state index is 0.0154. The van der Waals surface area contributed by atoms with Crippen molar-refractivity contribution < 1.29 is 4.79 Å². The summed E-state index contributed by atoms with van der Waals surface area (Å²) < 4.78 is 1.76. The minimum atomic E-state index is -0.0154. The number of nitrogens with one attached hydrogen (secondary N) is 1. The predicted octanol–water partition coefficient (Wildman–Crippen LogP) is 0.596. The topological polar surface area (TPSA) is 72.9 Å². The molecule has 0 spiro atoms. The van der Waals surface area contributed by atoms with Gasteiger partial charge in [-0.2, -0.15) is 5.10 Å². The lowest BCUT2D eigenvalue weighted by molar-refractivity contribution is -0.121. The molecule has 1 unspecified atom stereocenters. The summed E-state index contributed by atoms with van der Waals surface area (Å²) in [6, 6.07) is -0.0154. The van der Waals surface area contributed by atoms with Crippen LogP contribution in [0, 0.1) is 0 Å². The molecule has 1 rings (SSSR count). The molecule has 96 valence electrons. The van der Waals surface area contributed by atoms with Gasteiger partial charge in [-0.05, 0) is 18.4 Å². The van der Waals surface area contributed by atoms with Gasteiger partial charge in [0.2, 0.25) is 5.91 Å². The molecule has 0 bridgehead atoms. The van der Waals surface area contributed by atoms with Crippen LogP contribution in [0.2, 0.25) is 0 Å². The molecule has 0 aliphatic carbocycles. The number of aromatic nitrogens is 2. The highest BCUT2D eigenvalue weighted by atomic mass is 16.1. The summed E-state index contributed by atoms with van der Waals surface area (Å²) in [6.45, 7) is 2.71. The first kappa shape index (κ1) is 13.7. The molecule has 0 aromatic carbocycles. The molecule has 1 aromatic heterocycles. The Kier molecular flexibility index (Phi) is 5.69. The Hall–Kier alpha value is -1.36. The molecule has 0 saturated carbocycles. The number of rotatable bonds is 7. The maximum atomic E-state index is 11.5. The lowest BCUT2D eigenvalue weighted by atomic mass is 10.1. The predicted molar refractivity (Wildman–Crippen MR) is 67.4 cm³/mol. The zero-order chi connectivity index (χ0) is 12.7. The van der Waals surface area contributed by atoms with E-state index in [1.807, 2.05) is 19.4 Å². The molecule has 3 N–H and O–H groups in total. The van der Waals surface area contributed by atoms with Gasteiger partial charge in [-0.1, -0.05) is 13.3 Å². The van der Waals surface area contributed by atoms with Gasteiger partial charge in [0.05, 0.1) is 6.20 Å². The first-order valence-corrected chi connectivity index (χ1v) is 6.11. The first-order chi connectivity index (χ1) is 8.11. The summed E-state index contributed by atoms with van der Waals surface area (Å²) in [6.07, 6.45) is 6.91. The summed E-state index contributed by atoms with van der Waals surface area (Å²) in [7, 11) is 1.88. The average molecular weight is 238 g/mol. The smallest absolute Gasteiger partial charge is 0.221 e. The Bertz CT molecular complexity index is 348. The molecule has 0 aliphatic heterocycles. The molecule has 0 aliphatic rings. The fourth-order valence-electron chi connectivity index (χ4n) is 1.73. The molecule has 17 heavy (non-hydrogen) atoms. The summed E-state index contributed by atoms with van der Waals surface area (Å²) in [5.74, 6) is 0.0369. The quantitative estimate of drug-likeness (QED) is 0.730. The van der Waals surface area contributed by atoms with Crippen molar-refractivity contribution in [2.45, 2.75) is 38.6 Å². The number of nitrogens with two attached hydrogens (primary N) is 1. The summed E-state index contributed by atoms with van der Waals surface area (Å²) in [5, 5.41) is 6.94. The van der Waals surface area contributed by atoms with Crippen molar-refractivity contribution in [1.29, 1.82) is 0 Å². The second-order valence-electron chi connectivity index (χ2n) is 4.38. The van der Waals surface area contributed by atoms with Crippen molar-refractivity contribution in [2.75, 3.05) is 6.54 Å². The van der Waals surface area contributed by atoms with Crippen LogP contribution in [-0.4, -0.2) is 28.3 Å². The van der Waals surface area contributed by atoms with Gasteiger partial charge in [0, 0.05) is 32.3 Å². The average Bonchev–Trinajstić information content (AvgIpc) is 2.64. The van der Waals surface area contributed by atoms with E-state index in [9.17, 15) is 4.79 Å². The number of aryl methyl sites for hydroxylation is 1. The number of amides is 1. The molecule has 5 heteroatoms. The summed E-state index contributed by atoms with van der Waals surface area (Å²) >= 11 is 0. The van der Waals surface area contributed by atoms with Crippen LogP contribution in [-0.2, 0) is 18.3 Å². The maximum absolute atomic E-state index is 11.5. The van der Waals surface area contributed by atoms with Gasteiger partial charge in [-0.25, -0.2) is 0 Å². The van der Waals surface area contributed by atoms with Crippen LogP contribution >= 0.6 is 0 Å². The molecule has 1 heterocycles. The molecule has 1 amide bonds. The highest BCUT2D eigenvalue weighted by Gasteiger charge is 2.07. The van der Waals surface area contributed by atoms with E-state index < -0.39 is 0 Å². The SMILES string of the molecule is CCCC(N)CC(=O)NCCc1cnn(C)c1. The Labute approximate surface area is 102 Å². The zero-order valence-corrected chi connectivity index (χ0v) is 10.6. The van der Waals surface area contributed by atoms with Crippen LogP contribution in [0.3, 0.4) is 0 Å². The van der Waals surface area contributed by atoms with Gasteiger partial charge in [-0.15, -0.1) is 0 Å². The molecule has 1 aromatic rings. The van der Waals surface area contributed by atoms with Crippen molar-refractivity contribution in [2.24, 2.45) is 12.8 Å². The highest BCUT2D eigenvalue weighted by Crippen LogP contribution is 1.99. The summed E-state index contributed by atoms with van der Waals surface area (Å²) in [5.41, 5.74) is 6.93. The van der Waals surface area contributed by atoms with E-state index in [0.29, 0.717) is 13.0 Å². The fraction of sp³-hybridized carbons (Fsp3) is 0.667. The van der Waals surface area contributed by atoms with Gasteiger partial charge in [0.25, 0.3) is 0 Å². The van der Waals surface area contributed by atoms with Crippen LogP contribution in [0.5, 0.6) is 0 Å². The number of nitrogens with zero attached hydrogens (tertiary/aromatic N) is 2. The molecule has 0 radical (unpaired) electrons. The van der Waals surface area contributed by atoms with E-state index in [-0.39, 0.29) is 11.9 Å². The van der Waals surface area contributed by atoms with Crippen molar-refractivity contribution in [3.63, 3.8) is 0 Å². The number of hydrogen-bond acceptors (Lipinski definition) is 3. The van der Waals surface area contributed by atoms with E-state index in [1.165, 1.54) is 0 Å². The lowest BCUT2D eigenvalue weighted by Crippen LogP contribution is -2.32. The van der Waals surface area contributed by atoms with Gasteiger partial charge < -0.3 is 11.1 Å². The second kappa shape index (κ2) is 7.06. The highest BCUT2D eigenvalue weighted by molar-refractivity contribution is 5.76. The third-order valence-electron chi connectivity index (χ3n) is 2.60. The Morgan fingerprint density at radius 2 is 2.41 bits per heavy atom. The number of carbonyl (C=O) groups excluding carboxylic acids is 1.